The van der Waals surface area contributed by atoms with Crippen molar-refractivity contribution in [1.29, 1.82) is 0 Å². The van der Waals surface area contributed by atoms with Crippen molar-refractivity contribution >= 4 is 11.8 Å². The van der Waals surface area contributed by atoms with E-state index in [0.717, 1.165) is 22.9 Å². The van der Waals surface area contributed by atoms with Gasteiger partial charge in [0.2, 0.25) is 0 Å². The summed E-state index contributed by atoms with van der Waals surface area (Å²) in [5.74, 6) is 0.521. The number of aromatic nitrogens is 4. The molecule has 0 aliphatic rings. The van der Waals surface area contributed by atoms with E-state index in [-0.39, 0.29) is 5.75 Å². The van der Waals surface area contributed by atoms with E-state index in [1.165, 1.54) is 0 Å². The van der Waals surface area contributed by atoms with Gasteiger partial charge in [0.05, 0.1) is 13.0 Å². The number of nitrogens with zero attached hydrogens (tertiary/aromatic N) is 4. The Morgan fingerprint density at radius 3 is 2.36 bits per heavy atom. The summed E-state index contributed by atoms with van der Waals surface area (Å²) < 4.78 is 39.1. The molecule has 0 radical (unpaired) electrons. The first-order valence-corrected chi connectivity index (χ1v) is 8.58. The van der Waals surface area contributed by atoms with Crippen LogP contribution >= 0.6 is 11.8 Å². The molecule has 0 aliphatic heterocycles. The minimum atomic E-state index is -4.18. The number of hydrogen-bond acceptors (Lipinski definition) is 4. The monoisotopic (exact) mass is 364 g/mol. The number of benzene rings is 1. The Kier molecular flexibility index (Phi) is 5.37. The lowest BCUT2D eigenvalue weighted by molar-refractivity contribution is -0.129. The van der Waals surface area contributed by atoms with Gasteiger partial charge in [-0.2, -0.15) is 13.2 Å². The zero-order chi connectivity index (χ0) is 17.7. The minimum Gasteiger partial charge on any atom is -0.298 e. The molecule has 25 heavy (non-hydrogen) atoms. The van der Waals surface area contributed by atoms with Gasteiger partial charge in [0.15, 0.2) is 11.0 Å². The maximum Gasteiger partial charge on any atom is 0.389 e. The summed E-state index contributed by atoms with van der Waals surface area (Å²) in [7, 11) is 0. The highest BCUT2D eigenvalue weighted by atomic mass is 32.2. The van der Waals surface area contributed by atoms with E-state index in [9.17, 15) is 13.2 Å². The third-order valence-electron chi connectivity index (χ3n) is 3.46. The van der Waals surface area contributed by atoms with Gasteiger partial charge >= 0.3 is 6.18 Å². The molecule has 0 saturated heterocycles. The molecule has 0 amide bonds. The van der Waals surface area contributed by atoms with Gasteiger partial charge in [0, 0.05) is 23.7 Å². The van der Waals surface area contributed by atoms with E-state index >= 15 is 0 Å². The highest BCUT2D eigenvalue weighted by molar-refractivity contribution is 7.99. The zero-order valence-electron chi connectivity index (χ0n) is 13.1. The highest BCUT2D eigenvalue weighted by Crippen LogP contribution is 2.28. The lowest BCUT2D eigenvalue weighted by Gasteiger charge is -2.11. The largest absolute Gasteiger partial charge is 0.389 e. The first kappa shape index (κ1) is 17.5. The Labute approximate surface area is 147 Å². The van der Waals surface area contributed by atoms with Gasteiger partial charge in [0.25, 0.3) is 0 Å². The minimum absolute atomic E-state index is 0.0905. The summed E-state index contributed by atoms with van der Waals surface area (Å²) in [4.78, 5) is 3.98. The lowest BCUT2D eigenvalue weighted by atomic mass is 10.2. The van der Waals surface area contributed by atoms with E-state index in [0.29, 0.717) is 17.5 Å². The van der Waals surface area contributed by atoms with Crippen LogP contribution in [0, 0.1) is 0 Å². The molecule has 3 rings (SSSR count). The fraction of sp³-hybridized carbons (Fsp3) is 0.235. The van der Waals surface area contributed by atoms with E-state index < -0.39 is 12.6 Å². The average Bonchev–Trinajstić information content (AvgIpc) is 2.98. The normalized spacial score (nSPS) is 11.6. The van der Waals surface area contributed by atoms with Crippen molar-refractivity contribution in [3.63, 3.8) is 0 Å². The summed E-state index contributed by atoms with van der Waals surface area (Å²) in [6, 6.07) is 13.3. The topological polar surface area (TPSA) is 43.6 Å². The Balaban J connectivity index is 1.88. The summed E-state index contributed by atoms with van der Waals surface area (Å²) >= 11 is 1.06. The molecule has 2 aromatic heterocycles. The van der Waals surface area contributed by atoms with E-state index in [4.69, 9.17) is 0 Å². The predicted octanol–water partition coefficient (Wildman–Crippen LogP) is 4.43. The van der Waals surface area contributed by atoms with Crippen LogP contribution in [0.15, 0.2) is 60.0 Å². The quantitative estimate of drug-likeness (QED) is 0.607. The van der Waals surface area contributed by atoms with E-state index in [2.05, 4.69) is 15.2 Å². The van der Waals surface area contributed by atoms with Crippen LogP contribution in [0.2, 0.25) is 0 Å². The van der Waals surface area contributed by atoms with Crippen molar-refractivity contribution in [3.8, 4) is 11.4 Å². The molecule has 0 spiro atoms. The molecule has 0 fully saturated rings. The summed E-state index contributed by atoms with van der Waals surface area (Å²) in [5, 5.41) is 8.75. The van der Waals surface area contributed by atoms with E-state index in [1.807, 2.05) is 34.9 Å². The molecule has 4 nitrogen and oxygen atoms in total. The first-order chi connectivity index (χ1) is 12.0. The van der Waals surface area contributed by atoms with Gasteiger partial charge in [-0.05, 0) is 17.7 Å². The molecule has 3 aromatic rings. The number of hydrogen-bond donors (Lipinski definition) is 0. The molecular formula is C17H15F3N4S. The predicted molar refractivity (Wildman–Crippen MR) is 90.2 cm³/mol. The fourth-order valence-electron chi connectivity index (χ4n) is 2.28. The molecule has 0 N–H and O–H groups in total. The number of thioether (sulfide) groups is 1. The molecular weight excluding hydrogens is 349 g/mol. The van der Waals surface area contributed by atoms with Crippen LogP contribution in [-0.4, -0.2) is 31.7 Å². The van der Waals surface area contributed by atoms with Crippen LogP contribution in [0.1, 0.15) is 12.0 Å². The second-order valence-corrected chi connectivity index (χ2v) is 6.39. The molecule has 0 unspecified atom stereocenters. The molecule has 0 saturated carbocycles. The first-order valence-electron chi connectivity index (χ1n) is 7.60. The zero-order valence-corrected chi connectivity index (χ0v) is 14.0. The maximum atomic E-state index is 12.4. The van der Waals surface area contributed by atoms with Crippen molar-refractivity contribution in [1.82, 2.24) is 19.7 Å². The number of pyridine rings is 1. The van der Waals surface area contributed by atoms with Crippen molar-refractivity contribution in [2.45, 2.75) is 24.3 Å². The third kappa shape index (κ3) is 4.82. The summed E-state index contributed by atoms with van der Waals surface area (Å²) in [6.45, 7) is 0.486. The number of halogens is 3. The lowest BCUT2D eigenvalue weighted by Crippen LogP contribution is -2.09. The molecule has 0 bridgehead atoms. The Bertz CT molecular complexity index is 804. The number of rotatable bonds is 6. The van der Waals surface area contributed by atoms with Crippen LogP contribution in [0.25, 0.3) is 11.4 Å². The van der Waals surface area contributed by atoms with Crippen LogP contribution in [-0.2, 0) is 6.54 Å². The smallest absolute Gasteiger partial charge is 0.298 e. The van der Waals surface area contributed by atoms with Crippen molar-refractivity contribution in [2.24, 2.45) is 0 Å². The molecule has 0 atom stereocenters. The van der Waals surface area contributed by atoms with Crippen molar-refractivity contribution < 1.29 is 13.2 Å². The van der Waals surface area contributed by atoms with Gasteiger partial charge < -0.3 is 0 Å². The van der Waals surface area contributed by atoms with Gasteiger partial charge in [-0.15, -0.1) is 10.2 Å². The second-order valence-electron chi connectivity index (χ2n) is 5.33. The Morgan fingerprint density at radius 1 is 0.960 bits per heavy atom. The van der Waals surface area contributed by atoms with Gasteiger partial charge in [-0.25, -0.2) is 0 Å². The van der Waals surface area contributed by atoms with Gasteiger partial charge in [0.1, 0.15) is 0 Å². The molecule has 1 aromatic carbocycles. The highest BCUT2D eigenvalue weighted by Gasteiger charge is 2.27. The molecule has 0 aliphatic carbocycles. The summed E-state index contributed by atoms with van der Waals surface area (Å²) in [5.41, 5.74) is 1.84. The Hall–Kier alpha value is -2.35. The molecule has 130 valence electrons. The van der Waals surface area contributed by atoms with Crippen molar-refractivity contribution in [3.05, 3.63) is 60.4 Å². The van der Waals surface area contributed by atoms with Crippen LogP contribution in [0.5, 0.6) is 0 Å². The summed E-state index contributed by atoms with van der Waals surface area (Å²) in [6.07, 6.45) is -1.74. The molecule has 2 heterocycles. The second kappa shape index (κ2) is 7.69. The van der Waals surface area contributed by atoms with Crippen LogP contribution in [0.4, 0.5) is 13.2 Å². The van der Waals surface area contributed by atoms with E-state index in [1.54, 1.807) is 24.5 Å². The fourth-order valence-corrected chi connectivity index (χ4v) is 3.20. The standard InChI is InChI=1S/C17H15F3N4S/c18-17(19,20)8-11-25-16-23-22-15(14-6-9-21-10-7-14)24(16)12-13-4-2-1-3-5-13/h1-7,9-10H,8,11-12H2. The SMILES string of the molecule is FC(F)(F)CCSc1nnc(-c2ccncc2)n1Cc1ccccc1. The average molecular weight is 364 g/mol. The number of alkyl halides is 3. The maximum absolute atomic E-state index is 12.4. The molecule has 8 heteroatoms. The van der Waals surface area contributed by atoms with Crippen molar-refractivity contribution in [2.75, 3.05) is 5.75 Å². The van der Waals surface area contributed by atoms with Crippen LogP contribution in [0.3, 0.4) is 0 Å². The Morgan fingerprint density at radius 2 is 1.68 bits per heavy atom. The third-order valence-corrected chi connectivity index (χ3v) is 4.42. The van der Waals surface area contributed by atoms with Crippen LogP contribution < -0.4 is 0 Å². The van der Waals surface area contributed by atoms with Gasteiger partial charge in [-0.1, -0.05) is 42.1 Å². The van der Waals surface area contributed by atoms with Gasteiger partial charge in [-0.3, -0.25) is 9.55 Å².